The Morgan fingerprint density at radius 1 is 1.14 bits per heavy atom. The molecule has 0 fully saturated rings. The third-order valence-electron chi connectivity index (χ3n) is 2.80. The number of carbonyl (C=O) groups excluding carboxylic acids is 1. The lowest BCUT2D eigenvalue weighted by molar-refractivity contribution is 0.102. The van der Waals surface area contributed by atoms with Crippen LogP contribution in [-0.2, 0) is 0 Å². The van der Waals surface area contributed by atoms with Crippen molar-refractivity contribution >= 4 is 39.5 Å². The topological polar surface area (TPSA) is 68.0 Å². The average Bonchev–Trinajstić information content (AvgIpc) is 2.96. The Hall–Kier alpha value is -2.18. The molecule has 110 valence electrons. The minimum absolute atomic E-state index is 0.0277. The SMILES string of the molecule is O=C(Nc1nnc(-c2cccc(Cl)c2)o1)c1cccc(Br)c1. The molecular formula is C15H9BrClN3O2. The third kappa shape index (κ3) is 3.35. The minimum Gasteiger partial charge on any atom is -0.403 e. The highest BCUT2D eigenvalue weighted by molar-refractivity contribution is 9.10. The summed E-state index contributed by atoms with van der Waals surface area (Å²) in [6.07, 6.45) is 0. The first-order chi connectivity index (χ1) is 10.6. The summed E-state index contributed by atoms with van der Waals surface area (Å²) >= 11 is 9.23. The average molecular weight is 379 g/mol. The second-order valence-corrected chi connectivity index (χ2v) is 5.74. The maximum atomic E-state index is 12.1. The van der Waals surface area contributed by atoms with Crippen LogP contribution in [0.1, 0.15) is 10.4 Å². The maximum absolute atomic E-state index is 12.1. The van der Waals surface area contributed by atoms with Crippen molar-refractivity contribution in [3.8, 4) is 11.5 Å². The van der Waals surface area contributed by atoms with Gasteiger partial charge in [0, 0.05) is 20.6 Å². The molecule has 2 aromatic carbocycles. The van der Waals surface area contributed by atoms with E-state index in [2.05, 4.69) is 31.4 Å². The molecule has 0 spiro atoms. The molecule has 0 aliphatic carbocycles. The zero-order valence-electron chi connectivity index (χ0n) is 11.1. The van der Waals surface area contributed by atoms with Crippen LogP contribution in [0.3, 0.4) is 0 Å². The summed E-state index contributed by atoms with van der Waals surface area (Å²) in [5.74, 6) is -0.0466. The molecule has 22 heavy (non-hydrogen) atoms. The van der Waals surface area contributed by atoms with Gasteiger partial charge in [-0.25, -0.2) is 0 Å². The van der Waals surface area contributed by atoms with Crippen molar-refractivity contribution in [2.75, 3.05) is 5.32 Å². The molecular weight excluding hydrogens is 370 g/mol. The normalized spacial score (nSPS) is 10.5. The van der Waals surface area contributed by atoms with Crippen LogP contribution >= 0.6 is 27.5 Å². The van der Waals surface area contributed by atoms with Crippen molar-refractivity contribution in [3.05, 3.63) is 63.6 Å². The summed E-state index contributed by atoms with van der Waals surface area (Å²) in [6.45, 7) is 0. The van der Waals surface area contributed by atoms with E-state index in [1.165, 1.54) is 0 Å². The van der Waals surface area contributed by atoms with Gasteiger partial charge in [-0.2, -0.15) is 0 Å². The van der Waals surface area contributed by atoms with Crippen molar-refractivity contribution in [2.45, 2.75) is 0 Å². The molecule has 3 rings (SSSR count). The van der Waals surface area contributed by atoms with Gasteiger partial charge in [-0.05, 0) is 36.4 Å². The van der Waals surface area contributed by atoms with E-state index in [0.717, 1.165) is 4.47 Å². The third-order valence-corrected chi connectivity index (χ3v) is 3.53. The molecule has 1 amide bonds. The van der Waals surface area contributed by atoms with Gasteiger partial charge in [0.05, 0.1) is 0 Å². The maximum Gasteiger partial charge on any atom is 0.322 e. The highest BCUT2D eigenvalue weighted by Gasteiger charge is 2.13. The van der Waals surface area contributed by atoms with Gasteiger partial charge in [0.1, 0.15) is 0 Å². The quantitative estimate of drug-likeness (QED) is 0.733. The van der Waals surface area contributed by atoms with E-state index in [1.54, 1.807) is 42.5 Å². The summed E-state index contributed by atoms with van der Waals surface area (Å²) in [4.78, 5) is 12.1. The number of amides is 1. The largest absolute Gasteiger partial charge is 0.403 e. The van der Waals surface area contributed by atoms with Gasteiger partial charge in [0.2, 0.25) is 5.89 Å². The first kappa shape index (κ1) is 14.7. The number of hydrogen-bond donors (Lipinski definition) is 1. The Balaban J connectivity index is 1.78. The fourth-order valence-corrected chi connectivity index (χ4v) is 2.40. The Labute approximate surface area is 139 Å². The van der Waals surface area contributed by atoms with E-state index in [9.17, 15) is 4.79 Å². The first-order valence-corrected chi connectivity index (χ1v) is 7.45. The van der Waals surface area contributed by atoms with Gasteiger partial charge in [-0.15, -0.1) is 5.10 Å². The van der Waals surface area contributed by atoms with Gasteiger partial charge >= 0.3 is 6.01 Å². The molecule has 1 aromatic heterocycles. The number of hydrogen-bond acceptors (Lipinski definition) is 4. The molecule has 0 unspecified atom stereocenters. The van der Waals surface area contributed by atoms with Crippen molar-refractivity contribution < 1.29 is 9.21 Å². The molecule has 7 heteroatoms. The molecule has 0 saturated heterocycles. The predicted molar refractivity (Wildman–Crippen MR) is 86.8 cm³/mol. The highest BCUT2D eigenvalue weighted by atomic mass is 79.9. The fourth-order valence-electron chi connectivity index (χ4n) is 1.81. The second kappa shape index (κ2) is 6.29. The highest BCUT2D eigenvalue weighted by Crippen LogP contribution is 2.23. The number of anilines is 1. The molecule has 1 N–H and O–H groups in total. The van der Waals surface area contributed by atoms with Crippen molar-refractivity contribution in [3.63, 3.8) is 0 Å². The minimum atomic E-state index is -0.331. The van der Waals surface area contributed by atoms with E-state index in [1.807, 2.05) is 6.07 Å². The number of aromatic nitrogens is 2. The zero-order valence-corrected chi connectivity index (χ0v) is 13.4. The molecule has 3 aromatic rings. The molecule has 0 atom stereocenters. The second-order valence-electron chi connectivity index (χ2n) is 4.39. The van der Waals surface area contributed by atoms with Gasteiger partial charge in [-0.3, -0.25) is 10.1 Å². The van der Waals surface area contributed by atoms with Crippen LogP contribution in [-0.4, -0.2) is 16.1 Å². The molecule has 0 radical (unpaired) electrons. The van der Waals surface area contributed by atoms with Crippen LogP contribution in [0.4, 0.5) is 6.01 Å². The molecule has 0 saturated carbocycles. The standard InChI is InChI=1S/C15H9BrClN3O2/c16-11-5-1-3-9(7-11)13(21)18-15-20-19-14(22-15)10-4-2-6-12(17)8-10/h1-8H,(H,18,20,21). The van der Waals surface area contributed by atoms with E-state index < -0.39 is 0 Å². The van der Waals surface area contributed by atoms with Crippen LogP contribution < -0.4 is 5.32 Å². The molecule has 0 aliphatic heterocycles. The number of halogens is 2. The van der Waals surface area contributed by atoms with Gasteiger partial charge in [-0.1, -0.05) is 44.8 Å². The predicted octanol–water partition coefficient (Wildman–Crippen LogP) is 4.40. The summed E-state index contributed by atoms with van der Waals surface area (Å²) in [5, 5.41) is 10.8. The summed E-state index contributed by atoms with van der Waals surface area (Å²) in [5.41, 5.74) is 1.17. The van der Waals surface area contributed by atoms with E-state index >= 15 is 0 Å². The number of carbonyl (C=O) groups is 1. The number of nitrogens with zero attached hydrogens (tertiary/aromatic N) is 2. The molecule has 1 heterocycles. The monoisotopic (exact) mass is 377 g/mol. The van der Waals surface area contributed by atoms with Crippen LogP contribution in [0.2, 0.25) is 5.02 Å². The van der Waals surface area contributed by atoms with E-state index in [0.29, 0.717) is 16.1 Å². The molecule has 5 nitrogen and oxygen atoms in total. The Morgan fingerprint density at radius 3 is 2.73 bits per heavy atom. The lowest BCUT2D eigenvalue weighted by Crippen LogP contribution is -2.11. The van der Waals surface area contributed by atoms with Crippen LogP contribution in [0.25, 0.3) is 11.5 Å². The number of benzene rings is 2. The van der Waals surface area contributed by atoms with Crippen LogP contribution in [0, 0.1) is 0 Å². The van der Waals surface area contributed by atoms with Crippen LogP contribution in [0.5, 0.6) is 0 Å². The van der Waals surface area contributed by atoms with Crippen LogP contribution in [0.15, 0.2) is 57.4 Å². The smallest absolute Gasteiger partial charge is 0.322 e. The van der Waals surface area contributed by atoms with Crippen molar-refractivity contribution in [1.82, 2.24) is 10.2 Å². The van der Waals surface area contributed by atoms with Crippen molar-refractivity contribution in [2.24, 2.45) is 0 Å². The number of nitrogens with one attached hydrogen (secondary N) is 1. The Bertz CT molecular complexity index is 835. The first-order valence-electron chi connectivity index (χ1n) is 6.28. The molecule has 0 aliphatic rings. The van der Waals surface area contributed by atoms with Gasteiger partial charge in [0.25, 0.3) is 5.91 Å². The lowest BCUT2D eigenvalue weighted by Gasteiger charge is -2.00. The Kier molecular flexibility index (Phi) is 4.22. The summed E-state index contributed by atoms with van der Waals surface area (Å²) in [6, 6.07) is 14.0. The van der Waals surface area contributed by atoms with Crippen molar-refractivity contribution in [1.29, 1.82) is 0 Å². The van der Waals surface area contributed by atoms with Gasteiger partial charge < -0.3 is 4.42 Å². The van der Waals surface area contributed by atoms with E-state index in [-0.39, 0.29) is 17.8 Å². The molecule has 0 bridgehead atoms. The summed E-state index contributed by atoms with van der Waals surface area (Å²) < 4.78 is 6.23. The lowest BCUT2D eigenvalue weighted by atomic mass is 10.2. The fraction of sp³-hybridized carbons (Fsp3) is 0. The van der Waals surface area contributed by atoms with E-state index in [4.69, 9.17) is 16.0 Å². The van der Waals surface area contributed by atoms with Gasteiger partial charge in [0.15, 0.2) is 0 Å². The zero-order chi connectivity index (χ0) is 15.5. The Morgan fingerprint density at radius 2 is 1.95 bits per heavy atom. The number of rotatable bonds is 3. The summed E-state index contributed by atoms with van der Waals surface area (Å²) in [7, 11) is 0.